The third-order valence-corrected chi connectivity index (χ3v) is 5.28. The SMILES string of the molecule is COc1cc(NC(=O)Nc2ccc3nc[nH]c3c2)ccc1Oc1nc(C)cc(Nc2cc(NC(C)=O)n[nH]2)n1. The smallest absolute Gasteiger partial charge is 0.324 e. The van der Waals surface area contributed by atoms with E-state index in [2.05, 4.69) is 51.4 Å². The summed E-state index contributed by atoms with van der Waals surface area (Å²) in [6.45, 7) is 3.19. The fourth-order valence-corrected chi connectivity index (χ4v) is 3.65. The molecule has 0 aliphatic heterocycles. The molecule has 0 unspecified atom stereocenters. The lowest BCUT2D eigenvalue weighted by atomic mass is 10.2. The number of aryl methyl sites for hydroxylation is 1. The van der Waals surface area contributed by atoms with Gasteiger partial charge in [-0.1, -0.05) is 0 Å². The maximum Gasteiger partial charge on any atom is 0.324 e. The largest absolute Gasteiger partial charge is 0.493 e. The number of H-pyrrole nitrogens is 2. The van der Waals surface area contributed by atoms with Crippen LogP contribution in [0.2, 0.25) is 0 Å². The van der Waals surface area contributed by atoms with Crippen LogP contribution < -0.4 is 30.7 Å². The van der Waals surface area contributed by atoms with Gasteiger partial charge in [0.25, 0.3) is 0 Å². The number of benzene rings is 2. The van der Waals surface area contributed by atoms with Gasteiger partial charge in [0.15, 0.2) is 17.3 Å². The number of methoxy groups -OCH3 is 1. The average Bonchev–Trinajstić information content (AvgIpc) is 3.53. The van der Waals surface area contributed by atoms with Gasteiger partial charge in [-0.15, -0.1) is 0 Å². The molecule has 14 heteroatoms. The van der Waals surface area contributed by atoms with Crippen LogP contribution in [0.15, 0.2) is 54.9 Å². The van der Waals surface area contributed by atoms with E-state index < -0.39 is 6.03 Å². The zero-order valence-corrected chi connectivity index (χ0v) is 21.1. The lowest BCUT2D eigenvalue weighted by molar-refractivity contribution is -0.114. The highest BCUT2D eigenvalue weighted by atomic mass is 16.5. The van der Waals surface area contributed by atoms with E-state index in [9.17, 15) is 9.59 Å². The molecule has 5 aromatic rings. The second-order valence-electron chi connectivity index (χ2n) is 8.33. The Labute approximate surface area is 221 Å². The Balaban J connectivity index is 1.26. The van der Waals surface area contributed by atoms with Gasteiger partial charge < -0.3 is 35.7 Å². The van der Waals surface area contributed by atoms with Crippen molar-refractivity contribution in [3.63, 3.8) is 0 Å². The van der Waals surface area contributed by atoms with E-state index in [-0.39, 0.29) is 11.9 Å². The van der Waals surface area contributed by atoms with E-state index in [4.69, 9.17) is 9.47 Å². The number of carbonyl (C=O) groups is 2. The monoisotopic (exact) mass is 528 g/mol. The fourth-order valence-electron chi connectivity index (χ4n) is 3.65. The molecule has 3 aromatic heterocycles. The highest BCUT2D eigenvalue weighted by Crippen LogP contribution is 2.33. The maximum atomic E-state index is 12.5. The maximum absolute atomic E-state index is 12.5. The highest BCUT2D eigenvalue weighted by Gasteiger charge is 2.13. The van der Waals surface area contributed by atoms with Gasteiger partial charge in [0.1, 0.15) is 11.6 Å². The summed E-state index contributed by atoms with van der Waals surface area (Å²) in [4.78, 5) is 39.6. The molecule has 0 aliphatic carbocycles. The zero-order chi connectivity index (χ0) is 27.4. The Morgan fingerprint density at radius 2 is 1.69 bits per heavy atom. The van der Waals surface area contributed by atoms with Crippen molar-refractivity contribution in [3.8, 4) is 17.5 Å². The summed E-state index contributed by atoms with van der Waals surface area (Å²) in [7, 11) is 1.49. The lowest BCUT2D eigenvalue weighted by Gasteiger charge is -2.13. The van der Waals surface area contributed by atoms with Crippen LogP contribution in [0.5, 0.6) is 17.5 Å². The van der Waals surface area contributed by atoms with Gasteiger partial charge in [0.2, 0.25) is 5.91 Å². The lowest BCUT2D eigenvalue weighted by Crippen LogP contribution is -2.19. The van der Waals surface area contributed by atoms with Crippen LogP contribution in [0, 0.1) is 6.92 Å². The minimum Gasteiger partial charge on any atom is -0.493 e. The number of rotatable bonds is 8. The Hall–Kier alpha value is -5.66. The first-order valence-electron chi connectivity index (χ1n) is 11.7. The van der Waals surface area contributed by atoms with E-state index in [0.717, 1.165) is 11.0 Å². The predicted molar refractivity (Wildman–Crippen MR) is 145 cm³/mol. The predicted octanol–water partition coefficient (Wildman–Crippen LogP) is 4.53. The number of aromatic nitrogens is 6. The van der Waals surface area contributed by atoms with E-state index in [1.54, 1.807) is 55.7 Å². The molecule has 198 valence electrons. The van der Waals surface area contributed by atoms with Gasteiger partial charge in [0, 0.05) is 42.2 Å². The van der Waals surface area contributed by atoms with Gasteiger partial charge in [-0.3, -0.25) is 9.89 Å². The Morgan fingerprint density at radius 3 is 2.49 bits per heavy atom. The summed E-state index contributed by atoms with van der Waals surface area (Å²) >= 11 is 0. The average molecular weight is 529 g/mol. The molecule has 3 amide bonds. The summed E-state index contributed by atoms with van der Waals surface area (Å²) in [6, 6.07) is 13.3. The number of nitrogens with zero attached hydrogens (tertiary/aromatic N) is 4. The Kier molecular flexibility index (Phi) is 6.90. The first-order chi connectivity index (χ1) is 18.8. The molecular weight excluding hydrogens is 504 g/mol. The number of anilines is 5. The molecule has 39 heavy (non-hydrogen) atoms. The van der Waals surface area contributed by atoms with E-state index in [0.29, 0.717) is 46.0 Å². The molecule has 0 aliphatic rings. The Morgan fingerprint density at radius 1 is 0.897 bits per heavy atom. The standard InChI is InChI=1S/C25H24N10O4/c1-13-8-21(32-23-11-22(34-35-23)29-14(2)36)33-25(28-13)39-19-7-5-16(10-20(19)38-3)31-24(37)30-15-4-6-17-18(9-15)27-12-26-17/h4-12H,1-3H3,(H,26,27)(H2,30,31,37)(H3,28,29,32,33,34,35,36). The summed E-state index contributed by atoms with van der Waals surface area (Å²) in [5.74, 6) is 1.80. The molecule has 0 bridgehead atoms. The van der Waals surface area contributed by atoms with Crippen LogP contribution in [0.4, 0.5) is 33.6 Å². The molecule has 14 nitrogen and oxygen atoms in total. The second kappa shape index (κ2) is 10.8. The van der Waals surface area contributed by atoms with Crippen LogP contribution in [-0.4, -0.2) is 49.2 Å². The quantitative estimate of drug-likeness (QED) is 0.168. The highest BCUT2D eigenvalue weighted by molar-refractivity contribution is 6.00. The summed E-state index contributed by atoms with van der Waals surface area (Å²) in [5.41, 5.74) is 3.36. The molecule has 0 saturated carbocycles. The number of ether oxygens (including phenoxy) is 2. The third kappa shape index (κ3) is 6.19. The van der Waals surface area contributed by atoms with Gasteiger partial charge in [-0.25, -0.2) is 14.8 Å². The molecule has 0 radical (unpaired) electrons. The van der Waals surface area contributed by atoms with Crippen LogP contribution in [0.3, 0.4) is 0 Å². The van der Waals surface area contributed by atoms with Crippen molar-refractivity contribution in [3.05, 3.63) is 60.6 Å². The molecule has 0 saturated heterocycles. The number of imidazole rings is 1. The van der Waals surface area contributed by atoms with Gasteiger partial charge in [0.05, 0.1) is 24.5 Å². The number of aromatic amines is 2. The number of urea groups is 1. The minimum atomic E-state index is -0.428. The van der Waals surface area contributed by atoms with Crippen molar-refractivity contribution in [1.29, 1.82) is 0 Å². The molecule has 6 N–H and O–H groups in total. The number of amides is 3. The molecule has 0 fully saturated rings. The van der Waals surface area contributed by atoms with Crippen molar-refractivity contribution >= 4 is 51.8 Å². The molecule has 3 heterocycles. The van der Waals surface area contributed by atoms with Crippen molar-refractivity contribution in [1.82, 2.24) is 30.1 Å². The van der Waals surface area contributed by atoms with Crippen molar-refractivity contribution in [2.24, 2.45) is 0 Å². The minimum absolute atomic E-state index is 0.0741. The first kappa shape index (κ1) is 25.0. The van der Waals surface area contributed by atoms with Gasteiger partial charge in [-0.05, 0) is 37.3 Å². The van der Waals surface area contributed by atoms with Crippen molar-refractivity contribution in [2.75, 3.05) is 28.4 Å². The Bertz CT molecular complexity index is 1660. The summed E-state index contributed by atoms with van der Waals surface area (Å²) in [5, 5.41) is 18.0. The molecule has 5 rings (SSSR count). The summed E-state index contributed by atoms with van der Waals surface area (Å²) in [6.07, 6.45) is 1.59. The normalized spacial score (nSPS) is 10.6. The number of hydrogen-bond donors (Lipinski definition) is 6. The van der Waals surface area contributed by atoms with Crippen molar-refractivity contribution < 1.29 is 19.1 Å². The third-order valence-electron chi connectivity index (χ3n) is 5.28. The first-order valence-corrected chi connectivity index (χ1v) is 11.7. The topological polar surface area (TPSA) is 184 Å². The molecular formula is C25H24N10O4. The number of nitrogens with one attached hydrogen (secondary N) is 6. The van der Waals surface area contributed by atoms with Crippen LogP contribution in [-0.2, 0) is 4.79 Å². The van der Waals surface area contributed by atoms with Crippen LogP contribution in [0.1, 0.15) is 12.6 Å². The molecule has 0 atom stereocenters. The van der Waals surface area contributed by atoms with Gasteiger partial charge in [-0.2, -0.15) is 10.1 Å². The zero-order valence-electron chi connectivity index (χ0n) is 21.1. The van der Waals surface area contributed by atoms with Crippen molar-refractivity contribution in [2.45, 2.75) is 13.8 Å². The van der Waals surface area contributed by atoms with Crippen LogP contribution in [0.25, 0.3) is 11.0 Å². The van der Waals surface area contributed by atoms with E-state index >= 15 is 0 Å². The van der Waals surface area contributed by atoms with E-state index in [1.807, 2.05) is 6.07 Å². The molecule has 2 aromatic carbocycles. The second-order valence-corrected chi connectivity index (χ2v) is 8.33. The number of hydrogen-bond acceptors (Lipinski definition) is 9. The molecule has 0 spiro atoms. The summed E-state index contributed by atoms with van der Waals surface area (Å²) < 4.78 is 11.4. The van der Waals surface area contributed by atoms with Gasteiger partial charge >= 0.3 is 12.0 Å². The fraction of sp³-hybridized carbons (Fsp3) is 0.120. The number of carbonyl (C=O) groups excluding carboxylic acids is 2. The van der Waals surface area contributed by atoms with Crippen LogP contribution >= 0.6 is 0 Å². The number of fused-ring (bicyclic) bond motifs is 1. The van der Waals surface area contributed by atoms with E-state index in [1.165, 1.54) is 14.0 Å².